The van der Waals surface area contributed by atoms with Gasteiger partial charge in [-0.25, -0.2) is 13.4 Å². The fourth-order valence-electron chi connectivity index (χ4n) is 2.79. The summed E-state index contributed by atoms with van der Waals surface area (Å²) in [5.74, 6) is 2.00. The van der Waals surface area contributed by atoms with Crippen molar-refractivity contribution < 1.29 is 8.42 Å². The normalized spacial score (nSPS) is 20.4. The molecule has 0 N–H and O–H groups in total. The second kappa shape index (κ2) is 6.60. The third-order valence-electron chi connectivity index (χ3n) is 3.96. The predicted molar refractivity (Wildman–Crippen MR) is 85.7 cm³/mol. The molecule has 118 valence electrons. The van der Waals surface area contributed by atoms with E-state index >= 15 is 0 Å². The first-order chi connectivity index (χ1) is 10.0. The fourth-order valence-corrected chi connectivity index (χ4v) is 4.52. The summed E-state index contributed by atoms with van der Waals surface area (Å²) >= 11 is 0. The molecule has 21 heavy (non-hydrogen) atoms. The van der Waals surface area contributed by atoms with Crippen molar-refractivity contribution in [3.63, 3.8) is 0 Å². The van der Waals surface area contributed by atoms with E-state index in [1.807, 2.05) is 17.9 Å². The maximum Gasteiger partial charge on any atom is 0.227 e. The zero-order valence-electron chi connectivity index (χ0n) is 13.0. The minimum absolute atomic E-state index is 0.00745. The lowest BCUT2D eigenvalue weighted by Crippen LogP contribution is -2.37. The van der Waals surface area contributed by atoms with Gasteiger partial charge in [-0.2, -0.15) is 4.98 Å². The van der Waals surface area contributed by atoms with E-state index in [4.69, 9.17) is 0 Å². The average Bonchev–Trinajstić information content (AvgIpc) is 2.82. The minimum Gasteiger partial charge on any atom is -0.357 e. The highest BCUT2D eigenvalue weighted by Gasteiger charge is 2.32. The van der Waals surface area contributed by atoms with Gasteiger partial charge in [0, 0.05) is 31.9 Å². The third-order valence-corrected chi connectivity index (χ3v) is 5.71. The van der Waals surface area contributed by atoms with Crippen LogP contribution in [0, 0.1) is 0 Å². The number of nitrogens with zero attached hydrogens (tertiary/aromatic N) is 4. The highest BCUT2D eigenvalue weighted by molar-refractivity contribution is 7.91. The summed E-state index contributed by atoms with van der Waals surface area (Å²) in [6.07, 6.45) is 2.41. The lowest BCUT2D eigenvalue weighted by atomic mass is 10.2. The monoisotopic (exact) mass is 312 g/mol. The van der Waals surface area contributed by atoms with E-state index in [1.165, 1.54) is 0 Å². The van der Waals surface area contributed by atoms with E-state index in [-0.39, 0.29) is 17.5 Å². The zero-order valence-corrected chi connectivity index (χ0v) is 13.8. The van der Waals surface area contributed by atoms with Crippen molar-refractivity contribution in [3.8, 4) is 0 Å². The molecule has 1 unspecified atom stereocenters. The van der Waals surface area contributed by atoms with Crippen LogP contribution in [0.1, 0.15) is 27.2 Å². The molecule has 0 aromatic carbocycles. The molecule has 2 heterocycles. The molecule has 1 aromatic rings. The van der Waals surface area contributed by atoms with E-state index in [2.05, 4.69) is 28.7 Å². The standard InChI is InChI=1S/C14H24N4O2S/c1-4-17(5-2)13-7-9-15-14(16-13)18(6-3)12-8-10-21(19,20)11-12/h7,9,12H,4-6,8,10-11H2,1-3H3. The second-order valence-electron chi connectivity index (χ2n) is 5.23. The van der Waals surface area contributed by atoms with Gasteiger partial charge in [0.1, 0.15) is 5.82 Å². The summed E-state index contributed by atoms with van der Waals surface area (Å²) in [5.41, 5.74) is 0. The molecule has 1 aromatic heterocycles. The molecule has 7 heteroatoms. The zero-order chi connectivity index (χ0) is 15.5. The number of anilines is 2. The van der Waals surface area contributed by atoms with Crippen LogP contribution < -0.4 is 9.80 Å². The SMILES string of the molecule is CCN(CC)c1ccnc(N(CC)C2CCS(=O)(=O)C2)n1. The second-order valence-corrected chi connectivity index (χ2v) is 7.46. The molecule has 1 saturated heterocycles. The Hall–Kier alpha value is -1.37. The first-order valence-electron chi connectivity index (χ1n) is 7.55. The van der Waals surface area contributed by atoms with Crippen molar-refractivity contribution in [2.24, 2.45) is 0 Å². The minimum atomic E-state index is -2.90. The van der Waals surface area contributed by atoms with Crippen LogP contribution in [0.25, 0.3) is 0 Å². The van der Waals surface area contributed by atoms with Gasteiger partial charge in [0.25, 0.3) is 0 Å². The fraction of sp³-hybridized carbons (Fsp3) is 0.714. The molecule has 0 saturated carbocycles. The molecular weight excluding hydrogens is 288 g/mol. The summed E-state index contributed by atoms with van der Waals surface area (Å²) in [6, 6.07) is 1.89. The topological polar surface area (TPSA) is 66.4 Å². The molecular formula is C14H24N4O2S. The molecule has 6 nitrogen and oxygen atoms in total. The van der Waals surface area contributed by atoms with Gasteiger partial charge in [-0.3, -0.25) is 0 Å². The summed E-state index contributed by atoms with van der Waals surface area (Å²) in [4.78, 5) is 13.1. The van der Waals surface area contributed by atoms with Gasteiger partial charge in [0.2, 0.25) is 5.95 Å². The van der Waals surface area contributed by atoms with Gasteiger partial charge in [0.05, 0.1) is 11.5 Å². The Balaban J connectivity index is 2.24. The summed E-state index contributed by atoms with van der Waals surface area (Å²) in [6.45, 7) is 8.67. The highest BCUT2D eigenvalue weighted by Crippen LogP contribution is 2.23. The number of aromatic nitrogens is 2. The summed E-state index contributed by atoms with van der Waals surface area (Å²) < 4.78 is 23.4. The maximum atomic E-state index is 11.7. The molecule has 0 amide bonds. The van der Waals surface area contributed by atoms with E-state index in [9.17, 15) is 8.42 Å². The molecule has 0 aliphatic carbocycles. The Bertz CT molecular complexity index is 572. The molecule has 1 atom stereocenters. The van der Waals surface area contributed by atoms with Crippen molar-refractivity contribution in [2.75, 3.05) is 40.9 Å². The molecule has 2 rings (SSSR count). The van der Waals surface area contributed by atoms with Crippen molar-refractivity contribution >= 4 is 21.6 Å². The van der Waals surface area contributed by atoms with Gasteiger partial charge in [-0.1, -0.05) is 0 Å². The average molecular weight is 312 g/mol. The van der Waals surface area contributed by atoms with Gasteiger partial charge in [-0.05, 0) is 33.3 Å². The Morgan fingerprint density at radius 3 is 2.48 bits per heavy atom. The van der Waals surface area contributed by atoms with Gasteiger partial charge in [-0.15, -0.1) is 0 Å². The first kappa shape index (κ1) is 16.0. The van der Waals surface area contributed by atoms with Crippen molar-refractivity contribution in [3.05, 3.63) is 12.3 Å². The molecule has 0 bridgehead atoms. The van der Waals surface area contributed by atoms with Gasteiger partial charge in [0.15, 0.2) is 9.84 Å². The molecule has 0 radical (unpaired) electrons. The maximum absolute atomic E-state index is 11.7. The molecule has 0 spiro atoms. The van der Waals surface area contributed by atoms with Gasteiger partial charge >= 0.3 is 0 Å². The van der Waals surface area contributed by atoms with E-state index < -0.39 is 9.84 Å². The summed E-state index contributed by atoms with van der Waals surface area (Å²) in [7, 11) is -2.90. The van der Waals surface area contributed by atoms with Crippen molar-refractivity contribution in [1.82, 2.24) is 9.97 Å². The van der Waals surface area contributed by atoms with Crippen LogP contribution in [0.5, 0.6) is 0 Å². The van der Waals surface area contributed by atoms with Crippen molar-refractivity contribution in [1.29, 1.82) is 0 Å². The van der Waals surface area contributed by atoms with Crippen LogP contribution in [-0.2, 0) is 9.84 Å². The van der Waals surface area contributed by atoms with E-state index in [0.29, 0.717) is 18.9 Å². The number of sulfone groups is 1. The van der Waals surface area contributed by atoms with E-state index in [0.717, 1.165) is 18.9 Å². The first-order valence-corrected chi connectivity index (χ1v) is 9.37. The van der Waals surface area contributed by atoms with Crippen LogP contribution in [0.3, 0.4) is 0 Å². The third kappa shape index (κ3) is 3.64. The lowest BCUT2D eigenvalue weighted by Gasteiger charge is -2.28. The van der Waals surface area contributed by atoms with Crippen LogP contribution >= 0.6 is 0 Å². The molecule has 1 aliphatic heterocycles. The molecule has 1 fully saturated rings. The Labute approximate surface area is 127 Å². The highest BCUT2D eigenvalue weighted by atomic mass is 32.2. The Morgan fingerprint density at radius 2 is 1.95 bits per heavy atom. The van der Waals surface area contributed by atoms with Crippen LogP contribution in [0.2, 0.25) is 0 Å². The van der Waals surface area contributed by atoms with Crippen molar-refractivity contribution in [2.45, 2.75) is 33.2 Å². The lowest BCUT2D eigenvalue weighted by molar-refractivity contribution is 0.599. The largest absolute Gasteiger partial charge is 0.357 e. The predicted octanol–water partition coefficient (Wildman–Crippen LogP) is 1.34. The molecule has 1 aliphatic rings. The summed E-state index contributed by atoms with van der Waals surface area (Å²) in [5, 5.41) is 0. The smallest absolute Gasteiger partial charge is 0.227 e. The number of hydrogen-bond acceptors (Lipinski definition) is 6. The van der Waals surface area contributed by atoms with Gasteiger partial charge < -0.3 is 9.80 Å². The van der Waals surface area contributed by atoms with E-state index in [1.54, 1.807) is 6.20 Å². The van der Waals surface area contributed by atoms with Crippen LogP contribution in [0.15, 0.2) is 12.3 Å². The van der Waals surface area contributed by atoms with Crippen LogP contribution in [0.4, 0.5) is 11.8 Å². The Kier molecular flexibility index (Phi) is 5.03. The quantitative estimate of drug-likeness (QED) is 0.789. The van der Waals surface area contributed by atoms with Crippen LogP contribution in [-0.4, -0.2) is 55.6 Å². The Morgan fingerprint density at radius 1 is 1.24 bits per heavy atom. The number of hydrogen-bond donors (Lipinski definition) is 0. The number of rotatable bonds is 6.